The number of carbonyl (C=O) groups is 1. The second kappa shape index (κ2) is 10.2. The normalized spacial score (nSPS) is 14.3. The van der Waals surface area contributed by atoms with E-state index in [0.717, 1.165) is 31.7 Å². The molecule has 0 aliphatic carbocycles. The van der Waals surface area contributed by atoms with Gasteiger partial charge in [-0.15, -0.1) is 0 Å². The Morgan fingerprint density at radius 2 is 1.60 bits per heavy atom. The van der Waals surface area contributed by atoms with Crippen LogP contribution in [0.3, 0.4) is 0 Å². The molecule has 0 bridgehead atoms. The number of nitrogens with one attached hydrogen (secondary N) is 1. The van der Waals surface area contributed by atoms with Gasteiger partial charge >= 0.3 is 0 Å². The lowest BCUT2D eigenvalue weighted by Gasteiger charge is -2.36. The highest BCUT2D eigenvalue weighted by Crippen LogP contribution is 2.38. The molecule has 3 rings (SSSR count). The van der Waals surface area contributed by atoms with Crippen LogP contribution in [0.4, 0.5) is 5.69 Å². The van der Waals surface area contributed by atoms with E-state index in [-0.39, 0.29) is 5.91 Å². The minimum absolute atomic E-state index is 0.00749. The Kier molecular flexibility index (Phi) is 7.41. The van der Waals surface area contributed by atoms with Gasteiger partial charge in [-0.05, 0) is 36.2 Å². The fourth-order valence-corrected chi connectivity index (χ4v) is 3.76. The number of carbonyl (C=O) groups excluding carboxylic acids is 1. The molecule has 1 amide bonds. The second-order valence-corrected chi connectivity index (χ2v) is 7.36. The molecule has 0 atom stereocenters. The zero-order valence-electron chi connectivity index (χ0n) is 18.2. The summed E-state index contributed by atoms with van der Waals surface area (Å²) in [6.45, 7) is 6.51. The van der Waals surface area contributed by atoms with Gasteiger partial charge in [0, 0.05) is 38.4 Å². The molecular weight excluding hydrogens is 382 g/mol. The van der Waals surface area contributed by atoms with E-state index in [4.69, 9.17) is 14.2 Å². The molecule has 0 unspecified atom stereocenters. The third kappa shape index (κ3) is 5.16. The van der Waals surface area contributed by atoms with Crippen molar-refractivity contribution in [2.24, 2.45) is 0 Å². The van der Waals surface area contributed by atoms with Crippen LogP contribution in [-0.2, 0) is 11.3 Å². The van der Waals surface area contributed by atoms with Gasteiger partial charge < -0.3 is 24.4 Å². The number of para-hydroxylation sites is 1. The smallest absolute Gasteiger partial charge is 0.234 e. The summed E-state index contributed by atoms with van der Waals surface area (Å²) in [5.41, 5.74) is 3.46. The number of nitrogens with zero attached hydrogens (tertiary/aromatic N) is 2. The number of rotatable bonds is 8. The van der Waals surface area contributed by atoms with Gasteiger partial charge in [-0.3, -0.25) is 9.69 Å². The summed E-state index contributed by atoms with van der Waals surface area (Å²) in [7, 11) is 4.73. The number of piperazine rings is 1. The monoisotopic (exact) mass is 413 g/mol. The fourth-order valence-electron chi connectivity index (χ4n) is 3.76. The topological polar surface area (TPSA) is 63.3 Å². The average Bonchev–Trinajstić information content (AvgIpc) is 2.77. The predicted octanol–water partition coefficient (Wildman–Crippen LogP) is 2.46. The van der Waals surface area contributed by atoms with Crippen molar-refractivity contribution in [1.29, 1.82) is 0 Å². The standard InChI is InChI=1S/C23H31N3O4/c1-17-7-5-6-8-19(17)26-11-9-25(10-12-26)16-22(27)24-15-18-13-20(28-2)23(30-4)21(14-18)29-3/h5-8,13-14H,9-12,15-16H2,1-4H3,(H,24,27). The SMILES string of the molecule is COc1cc(CNC(=O)CN2CCN(c3ccccc3C)CC2)cc(OC)c1OC. The van der Waals surface area contributed by atoms with E-state index in [1.165, 1.54) is 11.3 Å². The maximum Gasteiger partial charge on any atom is 0.234 e. The van der Waals surface area contributed by atoms with Crippen molar-refractivity contribution in [3.63, 3.8) is 0 Å². The maximum atomic E-state index is 12.5. The zero-order valence-corrected chi connectivity index (χ0v) is 18.2. The molecule has 1 aliphatic rings. The highest BCUT2D eigenvalue weighted by molar-refractivity contribution is 5.78. The third-order valence-electron chi connectivity index (χ3n) is 5.41. The van der Waals surface area contributed by atoms with Gasteiger partial charge in [0.15, 0.2) is 11.5 Å². The molecule has 7 nitrogen and oxygen atoms in total. The van der Waals surface area contributed by atoms with Gasteiger partial charge in [-0.2, -0.15) is 0 Å². The summed E-state index contributed by atoms with van der Waals surface area (Å²) in [5, 5.41) is 2.99. The van der Waals surface area contributed by atoms with Crippen LogP contribution in [0.5, 0.6) is 17.2 Å². The van der Waals surface area contributed by atoms with Crippen molar-refractivity contribution < 1.29 is 19.0 Å². The average molecular weight is 414 g/mol. The molecule has 2 aromatic rings. The Labute approximate surface area is 178 Å². The highest BCUT2D eigenvalue weighted by Gasteiger charge is 2.20. The Hall–Kier alpha value is -2.93. The van der Waals surface area contributed by atoms with Crippen LogP contribution in [-0.4, -0.2) is 64.9 Å². The van der Waals surface area contributed by atoms with Crippen LogP contribution in [0.1, 0.15) is 11.1 Å². The Balaban J connectivity index is 1.50. The summed E-state index contributed by atoms with van der Waals surface area (Å²) in [4.78, 5) is 17.1. The first kappa shape index (κ1) is 21.8. The lowest BCUT2D eigenvalue weighted by molar-refractivity contribution is -0.122. The molecule has 0 aromatic heterocycles. The van der Waals surface area contributed by atoms with E-state index in [2.05, 4.69) is 46.3 Å². The quantitative estimate of drug-likeness (QED) is 0.717. The first-order chi connectivity index (χ1) is 14.5. The van der Waals surface area contributed by atoms with Crippen molar-refractivity contribution in [2.75, 3.05) is 59.0 Å². The molecule has 2 aromatic carbocycles. The van der Waals surface area contributed by atoms with E-state index in [1.807, 2.05) is 12.1 Å². The van der Waals surface area contributed by atoms with E-state index < -0.39 is 0 Å². The Bertz CT molecular complexity index is 838. The number of anilines is 1. The molecule has 30 heavy (non-hydrogen) atoms. The molecule has 1 aliphatic heterocycles. The van der Waals surface area contributed by atoms with Crippen LogP contribution in [0.2, 0.25) is 0 Å². The van der Waals surface area contributed by atoms with Gasteiger partial charge in [0.2, 0.25) is 11.7 Å². The first-order valence-electron chi connectivity index (χ1n) is 10.1. The van der Waals surface area contributed by atoms with Crippen molar-refractivity contribution in [3.8, 4) is 17.2 Å². The van der Waals surface area contributed by atoms with E-state index in [9.17, 15) is 4.79 Å². The number of methoxy groups -OCH3 is 3. The molecular formula is C23H31N3O4. The molecule has 1 saturated heterocycles. The van der Waals surface area contributed by atoms with Crippen LogP contribution >= 0.6 is 0 Å². The van der Waals surface area contributed by atoms with Gasteiger partial charge in [0.25, 0.3) is 0 Å². The Morgan fingerprint density at radius 3 is 2.17 bits per heavy atom. The van der Waals surface area contributed by atoms with Gasteiger partial charge in [-0.25, -0.2) is 0 Å². The molecule has 162 valence electrons. The molecule has 0 radical (unpaired) electrons. The molecule has 1 heterocycles. The van der Waals surface area contributed by atoms with Crippen LogP contribution in [0, 0.1) is 6.92 Å². The number of amides is 1. The third-order valence-corrected chi connectivity index (χ3v) is 5.41. The van der Waals surface area contributed by atoms with E-state index in [0.29, 0.717) is 30.3 Å². The summed E-state index contributed by atoms with van der Waals surface area (Å²) in [6.07, 6.45) is 0. The van der Waals surface area contributed by atoms with Crippen molar-refractivity contribution in [1.82, 2.24) is 10.2 Å². The van der Waals surface area contributed by atoms with Crippen LogP contribution < -0.4 is 24.4 Å². The number of hydrogen-bond donors (Lipinski definition) is 1. The number of ether oxygens (including phenoxy) is 3. The molecule has 0 saturated carbocycles. The van der Waals surface area contributed by atoms with E-state index in [1.54, 1.807) is 21.3 Å². The first-order valence-corrected chi connectivity index (χ1v) is 10.1. The lowest BCUT2D eigenvalue weighted by Crippen LogP contribution is -2.49. The van der Waals surface area contributed by atoms with Crippen molar-refractivity contribution in [2.45, 2.75) is 13.5 Å². The fraction of sp³-hybridized carbons (Fsp3) is 0.435. The van der Waals surface area contributed by atoms with E-state index >= 15 is 0 Å². The minimum atomic E-state index is 0.00749. The molecule has 1 N–H and O–H groups in total. The maximum absolute atomic E-state index is 12.5. The predicted molar refractivity (Wildman–Crippen MR) is 118 cm³/mol. The largest absolute Gasteiger partial charge is 0.493 e. The summed E-state index contributed by atoms with van der Waals surface area (Å²) < 4.78 is 16.1. The van der Waals surface area contributed by atoms with Crippen molar-refractivity contribution in [3.05, 3.63) is 47.5 Å². The zero-order chi connectivity index (χ0) is 21.5. The minimum Gasteiger partial charge on any atom is -0.493 e. The highest BCUT2D eigenvalue weighted by atomic mass is 16.5. The second-order valence-electron chi connectivity index (χ2n) is 7.36. The number of hydrogen-bond acceptors (Lipinski definition) is 6. The molecule has 7 heteroatoms. The number of benzene rings is 2. The van der Waals surface area contributed by atoms with Gasteiger partial charge in [0.1, 0.15) is 0 Å². The van der Waals surface area contributed by atoms with Crippen LogP contribution in [0.15, 0.2) is 36.4 Å². The van der Waals surface area contributed by atoms with Crippen LogP contribution in [0.25, 0.3) is 0 Å². The lowest BCUT2D eigenvalue weighted by atomic mass is 10.1. The van der Waals surface area contributed by atoms with Crippen molar-refractivity contribution >= 4 is 11.6 Å². The molecule has 0 spiro atoms. The number of aryl methyl sites for hydroxylation is 1. The summed E-state index contributed by atoms with van der Waals surface area (Å²) in [5.74, 6) is 1.71. The van der Waals surface area contributed by atoms with Gasteiger partial charge in [-0.1, -0.05) is 18.2 Å². The summed E-state index contributed by atoms with van der Waals surface area (Å²) in [6, 6.07) is 12.1. The molecule has 1 fully saturated rings. The summed E-state index contributed by atoms with van der Waals surface area (Å²) >= 11 is 0. The Morgan fingerprint density at radius 1 is 0.967 bits per heavy atom. The van der Waals surface area contributed by atoms with Gasteiger partial charge in [0.05, 0.1) is 27.9 Å².